The van der Waals surface area contributed by atoms with Crippen LogP contribution in [-0.2, 0) is 14.8 Å². The van der Waals surface area contributed by atoms with Crippen molar-refractivity contribution >= 4 is 26.8 Å². The summed E-state index contributed by atoms with van der Waals surface area (Å²) in [5.74, 6) is -1.49. The first-order valence-electron chi connectivity index (χ1n) is 7.41. The highest BCUT2D eigenvalue weighted by Gasteiger charge is 2.30. The maximum atomic E-state index is 12.7. The molecule has 2 atom stereocenters. The third kappa shape index (κ3) is 3.36. The van der Waals surface area contributed by atoms with Gasteiger partial charge in [-0.15, -0.1) is 0 Å². The van der Waals surface area contributed by atoms with Gasteiger partial charge in [-0.2, -0.15) is 0 Å². The number of benzene rings is 2. The van der Waals surface area contributed by atoms with E-state index in [1.54, 1.807) is 24.3 Å². The van der Waals surface area contributed by atoms with Gasteiger partial charge in [0, 0.05) is 24.5 Å². The van der Waals surface area contributed by atoms with Crippen molar-refractivity contribution in [1.82, 2.24) is 10.0 Å². The molecule has 1 aliphatic heterocycles. The maximum Gasteiger partial charge on any atom is 0.307 e. The Labute approximate surface area is 134 Å². The topological polar surface area (TPSA) is 95.5 Å². The van der Waals surface area contributed by atoms with E-state index in [-0.39, 0.29) is 11.3 Å². The molecule has 0 amide bonds. The number of carboxylic acids is 1. The lowest BCUT2D eigenvalue weighted by atomic mass is 9.97. The van der Waals surface area contributed by atoms with E-state index in [4.69, 9.17) is 5.11 Å². The number of piperidine rings is 1. The smallest absolute Gasteiger partial charge is 0.307 e. The zero-order valence-corrected chi connectivity index (χ0v) is 13.2. The van der Waals surface area contributed by atoms with Crippen molar-refractivity contribution in [2.45, 2.75) is 17.4 Å². The molecule has 0 bridgehead atoms. The molecule has 3 rings (SSSR count). The third-order valence-corrected chi connectivity index (χ3v) is 5.64. The molecule has 1 saturated heterocycles. The Morgan fingerprint density at radius 1 is 1.13 bits per heavy atom. The Hall–Kier alpha value is -1.96. The molecule has 0 aliphatic carbocycles. The van der Waals surface area contributed by atoms with Crippen molar-refractivity contribution in [3.8, 4) is 0 Å². The average molecular weight is 334 g/mol. The number of rotatable bonds is 4. The van der Waals surface area contributed by atoms with E-state index in [1.807, 2.05) is 18.2 Å². The molecule has 0 saturated carbocycles. The lowest BCUT2D eigenvalue weighted by Crippen LogP contribution is -2.50. The summed E-state index contributed by atoms with van der Waals surface area (Å²) in [7, 11) is -3.72. The first-order chi connectivity index (χ1) is 11.0. The Kier molecular flexibility index (Phi) is 4.34. The molecule has 3 N–H and O–H groups in total. The molecule has 1 fully saturated rings. The second kappa shape index (κ2) is 6.27. The molecule has 23 heavy (non-hydrogen) atoms. The highest BCUT2D eigenvalue weighted by atomic mass is 32.2. The Morgan fingerprint density at radius 2 is 1.87 bits per heavy atom. The van der Waals surface area contributed by atoms with Gasteiger partial charge in [-0.05, 0) is 17.9 Å². The number of hydrogen-bond donors (Lipinski definition) is 3. The summed E-state index contributed by atoms with van der Waals surface area (Å²) >= 11 is 0. The first kappa shape index (κ1) is 15.9. The first-order valence-corrected chi connectivity index (χ1v) is 8.89. The second-order valence-corrected chi connectivity index (χ2v) is 7.41. The highest BCUT2D eigenvalue weighted by molar-refractivity contribution is 7.89. The van der Waals surface area contributed by atoms with Crippen molar-refractivity contribution in [2.24, 2.45) is 5.92 Å². The fourth-order valence-electron chi connectivity index (χ4n) is 2.93. The lowest BCUT2D eigenvalue weighted by Gasteiger charge is -2.28. The van der Waals surface area contributed by atoms with Gasteiger partial charge < -0.3 is 10.4 Å². The van der Waals surface area contributed by atoms with E-state index >= 15 is 0 Å². The quantitative estimate of drug-likeness (QED) is 0.780. The van der Waals surface area contributed by atoms with Gasteiger partial charge in [0.15, 0.2) is 0 Å². The fourth-order valence-corrected chi connectivity index (χ4v) is 4.41. The van der Waals surface area contributed by atoms with Gasteiger partial charge >= 0.3 is 5.97 Å². The van der Waals surface area contributed by atoms with E-state index in [0.29, 0.717) is 18.5 Å². The van der Waals surface area contributed by atoms with Gasteiger partial charge in [-0.3, -0.25) is 4.79 Å². The van der Waals surface area contributed by atoms with Crippen LogP contribution in [0.1, 0.15) is 6.42 Å². The highest BCUT2D eigenvalue weighted by Crippen LogP contribution is 2.23. The molecular formula is C16H18N2O4S. The summed E-state index contributed by atoms with van der Waals surface area (Å²) in [6.45, 7) is 0.787. The molecular weight excluding hydrogens is 316 g/mol. The number of hydrogen-bond acceptors (Lipinski definition) is 4. The number of fused-ring (bicyclic) bond motifs is 1. The van der Waals surface area contributed by atoms with Gasteiger partial charge in [0.25, 0.3) is 0 Å². The van der Waals surface area contributed by atoms with Crippen LogP contribution in [0.5, 0.6) is 0 Å². The fraction of sp³-hybridized carbons (Fsp3) is 0.312. The van der Waals surface area contributed by atoms with E-state index < -0.39 is 28.0 Å². The third-order valence-electron chi connectivity index (χ3n) is 4.06. The summed E-state index contributed by atoms with van der Waals surface area (Å²) < 4.78 is 28.0. The molecule has 7 heteroatoms. The van der Waals surface area contributed by atoms with Crippen LogP contribution in [0, 0.1) is 5.92 Å². The van der Waals surface area contributed by atoms with Gasteiger partial charge in [0.1, 0.15) is 0 Å². The Morgan fingerprint density at radius 3 is 2.65 bits per heavy atom. The van der Waals surface area contributed by atoms with Crippen molar-refractivity contribution < 1.29 is 18.3 Å². The molecule has 2 unspecified atom stereocenters. The zero-order valence-electron chi connectivity index (χ0n) is 12.4. The summed E-state index contributed by atoms with van der Waals surface area (Å²) in [5.41, 5.74) is 0. The standard InChI is InChI=1S/C16H18N2O4S/c19-16(20)12-8-13(10-17-9-12)18-23(21,22)15-7-3-5-11-4-1-2-6-14(11)15/h1-7,12-13,17-18H,8-10H2,(H,19,20). The second-order valence-electron chi connectivity index (χ2n) is 5.72. The van der Waals surface area contributed by atoms with E-state index in [9.17, 15) is 13.2 Å². The number of aliphatic carboxylic acids is 1. The van der Waals surface area contributed by atoms with Crippen molar-refractivity contribution in [1.29, 1.82) is 0 Å². The van der Waals surface area contributed by atoms with Crippen LogP contribution < -0.4 is 10.0 Å². The SMILES string of the molecule is O=C(O)C1CNCC(NS(=O)(=O)c2cccc3ccccc23)C1. The Balaban J connectivity index is 1.88. The average Bonchev–Trinajstić information content (AvgIpc) is 2.54. The Bertz CT molecular complexity index is 830. The van der Waals surface area contributed by atoms with E-state index in [0.717, 1.165) is 5.39 Å². The molecule has 1 heterocycles. The van der Waals surface area contributed by atoms with Crippen LogP contribution >= 0.6 is 0 Å². The van der Waals surface area contributed by atoms with Crippen molar-refractivity contribution in [2.75, 3.05) is 13.1 Å². The van der Waals surface area contributed by atoms with Crippen molar-refractivity contribution in [3.05, 3.63) is 42.5 Å². The van der Waals surface area contributed by atoms with Crippen LogP contribution in [0.4, 0.5) is 0 Å². The monoisotopic (exact) mass is 334 g/mol. The predicted molar refractivity (Wildman–Crippen MR) is 86.7 cm³/mol. The molecule has 122 valence electrons. The van der Waals surface area contributed by atoms with Crippen LogP contribution in [0.2, 0.25) is 0 Å². The summed E-state index contributed by atoms with van der Waals surface area (Å²) in [6.07, 6.45) is 0.284. The molecule has 1 aliphatic rings. The minimum atomic E-state index is -3.72. The van der Waals surface area contributed by atoms with Gasteiger partial charge in [-0.1, -0.05) is 36.4 Å². The maximum absolute atomic E-state index is 12.7. The molecule has 0 aromatic heterocycles. The molecule has 2 aromatic carbocycles. The van der Waals surface area contributed by atoms with Gasteiger partial charge in [0.05, 0.1) is 10.8 Å². The number of carboxylic acid groups (broad SMARTS) is 1. The summed E-state index contributed by atoms with van der Waals surface area (Å²) in [6, 6.07) is 12.0. The normalized spacial score (nSPS) is 22.1. The molecule has 0 radical (unpaired) electrons. The number of carbonyl (C=O) groups is 1. The summed E-state index contributed by atoms with van der Waals surface area (Å²) in [5, 5.41) is 13.6. The molecule has 0 spiro atoms. The van der Waals surface area contributed by atoms with E-state index in [2.05, 4.69) is 10.0 Å². The predicted octanol–water partition coefficient (Wildman–Crippen LogP) is 1.18. The zero-order chi connectivity index (χ0) is 16.4. The van der Waals surface area contributed by atoms with Crippen LogP contribution in [0.25, 0.3) is 10.8 Å². The van der Waals surface area contributed by atoms with Gasteiger partial charge in [-0.25, -0.2) is 13.1 Å². The lowest BCUT2D eigenvalue weighted by molar-refractivity contribution is -0.142. The number of nitrogens with one attached hydrogen (secondary N) is 2. The minimum Gasteiger partial charge on any atom is -0.481 e. The van der Waals surface area contributed by atoms with Crippen LogP contribution in [-0.4, -0.2) is 38.6 Å². The van der Waals surface area contributed by atoms with E-state index in [1.165, 1.54) is 0 Å². The largest absolute Gasteiger partial charge is 0.481 e. The summed E-state index contributed by atoms with van der Waals surface area (Å²) in [4.78, 5) is 11.3. The van der Waals surface area contributed by atoms with Crippen LogP contribution in [0.3, 0.4) is 0 Å². The van der Waals surface area contributed by atoms with Crippen molar-refractivity contribution in [3.63, 3.8) is 0 Å². The molecule has 6 nitrogen and oxygen atoms in total. The van der Waals surface area contributed by atoms with Crippen LogP contribution in [0.15, 0.2) is 47.4 Å². The molecule has 2 aromatic rings. The minimum absolute atomic E-state index is 0.216. The number of sulfonamides is 1. The van der Waals surface area contributed by atoms with Gasteiger partial charge in [0.2, 0.25) is 10.0 Å².